The number of piperidine rings is 1. The maximum atomic E-state index is 12.8. The number of carbonyl (C=O) groups is 4. The van der Waals surface area contributed by atoms with E-state index in [-0.39, 0.29) is 17.9 Å². The van der Waals surface area contributed by atoms with Crippen LogP contribution in [0.3, 0.4) is 0 Å². The first-order valence-corrected chi connectivity index (χ1v) is 13.4. The molecular weight excluding hydrogens is 514 g/mol. The Bertz CT molecular complexity index is 1200. The molecule has 4 rings (SSSR count). The monoisotopic (exact) mass is 551 g/mol. The average molecular weight is 552 g/mol. The van der Waals surface area contributed by atoms with Crippen LogP contribution in [0.25, 0.3) is 0 Å². The van der Waals surface area contributed by atoms with Gasteiger partial charge >= 0.3 is 11.9 Å². The van der Waals surface area contributed by atoms with Crippen molar-refractivity contribution in [3.63, 3.8) is 0 Å². The molecular formula is C30H37N3O7. The van der Waals surface area contributed by atoms with Crippen LogP contribution in [0.15, 0.2) is 60.7 Å². The number of likely N-dealkylation sites (tertiary alicyclic amines) is 1. The Balaban J connectivity index is 0.000000482. The number of carboxylic acids is 2. The Morgan fingerprint density at radius 3 is 2.20 bits per heavy atom. The van der Waals surface area contributed by atoms with Crippen LogP contribution in [0.4, 0.5) is 5.69 Å². The third-order valence-corrected chi connectivity index (χ3v) is 6.46. The second-order valence-corrected chi connectivity index (χ2v) is 9.92. The lowest BCUT2D eigenvalue weighted by Gasteiger charge is -2.37. The number of amides is 2. The lowest BCUT2D eigenvalue weighted by molar-refractivity contribution is -0.134. The lowest BCUT2D eigenvalue weighted by atomic mass is 10.1. The zero-order chi connectivity index (χ0) is 29.1. The van der Waals surface area contributed by atoms with Crippen molar-refractivity contribution in [2.24, 2.45) is 0 Å². The Kier molecular flexibility index (Phi) is 11.3. The molecule has 2 saturated heterocycles. The minimum Gasteiger partial charge on any atom is -0.489 e. The molecule has 2 aromatic carbocycles. The van der Waals surface area contributed by atoms with Gasteiger partial charge in [-0.2, -0.15) is 0 Å². The normalized spacial score (nSPS) is 16.0. The minimum absolute atomic E-state index is 0.0514. The maximum absolute atomic E-state index is 12.8. The highest BCUT2D eigenvalue weighted by molar-refractivity contribution is 6.05. The molecule has 2 aliphatic rings. The summed E-state index contributed by atoms with van der Waals surface area (Å²) < 4.78 is 6.00. The Hall–Kier alpha value is -4.18. The van der Waals surface area contributed by atoms with Gasteiger partial charge in [-0.3, -0.25) is 19.4 Å². The highest BCUT2D eigenvalue weighted by atomic mass is 16.5. The summed E-state index contributed by atoms with van der Waals surface area (Å²) in [6.07, 6.45) is 3.51. The third-order valence-electron chi connectivity index (χ3n) is 6.46. The van der Waals surface area contributed by atoms with Crippen LogP contribution in [-0.4, -0.2) is 82.6 Å². The van der Waals surface area contributed by atoms with Crippen LogP contribution in [0.2, 0.25) is 0 Å². The van der Waals surface area contributed by atoms with Crippen LogP contribution in [0.1, 0.15) is 49.0 Å². The number of carboxylic acid groups (broad SMARTS) is 2. The van der Waals surface area contributed by atoms with Crippen molar-refractivity contribution in [3.05, 3.63) is 71.8 Å². The molecule has 0 spiro atoms. The molecule has 10 nitrogen and oxygen atoms in total. The van der Waals surface area contributed by atoms with Crippen molar-refractivity contribution < 1.29 is 34.1 Å². The van der Waals surface area contributed by atoms with Crippen LogP contribution >= 0.6 is 0 Å². The smallest absolute Gasteiger partial charge is 0.328 e. The molecule has 0 radical (unpaired) electrons. The number of piperazine rings is 1. The summed E-state index contributed by atoms with van der Waals surface area (Å²) in [7, 11) is 0. The van der Waals surface area contributed by atoms with Crippen molar-refractivity contribution in [1.82, 2.24) is 9.80 Å². The first kappa shape index (κ1) is 30.4. The van der Waals surface area contributed by atoms with E-state index < -0.39 is 11.9 Å². The fraction of sp³-hybridized carbons (Fsp3) is 0.400. The van der Waals surface area contributed by atoms with Crippen LogP contribution in [-0.2, 0) is 20.9 Å². The van der Waals surface area contributed by atoms with Crippen molar-refractivity contribution in [3.8, 4) is 5.75 Å². The molecule has 0 atom stereocenters. The van der Waals surface area contributed by atoms with Gasteiger partial charge in [0, 0.05) is 63.4 Å². The lowest BCUT2D eigenvalue weighted by Crippen LogP contribution is -2.46. The summed E-state index contributed by atoms with van der Waals surface area (Å²) in [5, 5.41) is 15.6. The van der Waals surface area contributed by atoms with Crippen molar-refractivity contribution in [1.29, 1.82) is 0 Å². The van der Waals surface area contributed by atoms with E-state index in [0.717, 1.165) is 62.6 Å². The van der Waals surface area contributed by atoms with Gasteiger partial charge in [-0.1, -0.05) is 24.3 Å². The predicted octanol–water partition coefficient (Wildman–Crippen LogP) is 3.66. The molecule has 0 saturated carbocycles. The van der Waals surface area contributed by atoms with Gasteiger partial charge in [0.05, 0.1) is 11.8 Å². The molecule has 0 aromatic heterocycles. The van der Waals surface area contributed by atoms with E-state index >= 15 is 0 Å². The second kappa shape index (κ2) is 14.8. The van der Waals surface area contributed by atoms with Gasteiger partial charge in [-0.05, 0) is 56.5 Å². The average Bonchev–Trinajstić information content (AvgIpc) is 2.93. The molecule has 0 aliphatic carbocycles. The molecule has 2 aromatic rings. The molecule has 2 aliphatic heterocycles. The molecule has 0 bridgehead atoms. The van der Waals surface area contributed by atoms with E-state index in [2.05, 4.69) is 41.8 Å². The largest absolute Gasteiger partial charge is 0.489 e. The summed E-state index contributed by atoms with van der Waals surface area (Å²) in [5.74, 6) is -1.79. The topological polar surface area (TPSA) is 128 Å². The number of nitrogens with zero attached hydrogens (tertiary/aromatic N) is 3. The van der Waals surface area contributed by atoms with Gasteiger partial charge in [0.2, 0.25) is 5.91 Å². The second-order valence-electron chi connectivity index (χ2n) is 9.92. The summed E-state index contributed by atoms with van der Waals surface area (Å²) in [6, 6.07) is 16.0. The molecule has 2 N–H and O–H groups in total. The number of rotatable bonds is 8. The Morgan fingerprint density at radius 1 is 0.900 bits per heavy atom. The van der Waals surface area contributed by atoms with E-state index in [1.807, 2.05) is 30.3 Å². The van der Waals surface area contributed by atoms with Crippen LogP contribution in [0, 0.1) is 0 Å². The molecule has 10 heteroatoms. The number of aliphatic carboxylic acids is 2. The standard InChI is InChI=1S/C26H33N3O3.C4H4O4/c1-20(2)32-24-11-4-3-10-23(24)28-16-14-27(15-17-28)19-21-8-7-9-22(18-21)26(31)29-13-6-5-12-25(29)30;5-3(6)1-2-4(7)8/h3-4,7-11,18,20H,5-6,12-17,19H2,1-2H3;1-2H,(H,5,6)(H,7,8)/b;2-1+. The van der Waals surface area contributed by atoms with E-state index in [0.29, 0.717) is 30.7 Å². The van der Waals surface area contributed by atoms with E-state index in [1.165, 1.54) is 4.90 Å². The maximum Gasteiger partial charge on any atom is 0.328 e. The first-order chi connectivity index (χ1) is 19.1. The molecule has 2 heterocycles. The van der Waals surface area contributed by atoms with Crippen molar-refractivity contribution in [2.45, 2.75) is 45.8 Å². The minimum atomic E-state index is -1.26. The number of benzene rings is 2. The summed E-state index contributed by atoms with van der Waals surface area (Å²) in [6.45, 7) is 9.18. The number of hydrogen-bond acceptors (Lipinski definition) is 7. The van der Waals surface area contributed by atoms with Crippen molar-refractivity contribution >= 4 is 29.4 Å². The van der Waals surface area contributed by atoms with E-state index in [4.69, 9.17) is 14.9 Å². The number of hydrogen-bond donors (Lipinski definition) is 2. The Morgan fingerprint density at radius 2 is 1.57 bits per heavy atom. The van der Waals surface area contributed by atoms with Gasteiger partial charge in [0.1, 0.15) is 5.75 Å². The van der Waals surface area contributed by atoms with Gasteiger partial charge < -0.3 is 19.8 Å². The van der Waals surface area contributed by atoms with Crippen molar-refractivity contribution in [2.75, 3.05) is 37.6 Å². The van der Waals surface area contributed by atoms with Gasteiger partial charge in [0.25, 0.3) is 5.91 Å². The third kappa shape index (κ3) is 9.23. The number of para-hydroxylation sites is 2. The number of carbonyl (C=O) groups excluding carboxylic acids is 2. The van der Waals surface area contributed by atoms with Gasteiger partial charge in [-0.25, -0.2) is 9.59 Å². The fourth-order valence-corrected chi connectivity index (χ4v) is 4.60. The summed E-state index contributed by atoms with van der Waals surface area (Å²) in [4.78, 5) is 50.3. The molecule has 2 amide bonds. The highest BCUT2D eigenvalue weighted by Crippen LogP contribution is 2.30. The molecule has 214 valence electrons. The molecule has 0 unspecified atom stereocenters. The number of anilines is 1. The van der Waals surface area contributed by atoms with Gasteiger partial charge in [0.15, 0.2) is 0 Å². The number of imide groups is 1. The highest BCUT2D eigenvalue weighted by Gasteiger charge is 2.26. The van der Waals surface area contributed by atoms with E-state index in [1.54, 1.807) is 0 Å². The van der Waals surface area contributed by atoms with Crippen LogP contribution < -0.4 is 9.64 Å². The van der Waals surface area contributed by atoms with Gasteiger partial charge in [-0.15, -0.1) is 0 Å². The predicted molar refractivity (Wildman–Crippen MR) is 150 cm³/mol. The zero-order valence-electron chi connectivity index (χ0n) is 23.0. The summed E-state index contributed by atoms with van der Waals surface area (Å²) in [5.41, 5.74) is 2.87. The first-order valence-electron chi connectivity index (χ1n) is 13.4. The molecule has 40 heavy (non-hydrogen) atoms. The zero-order valence-corrected chi connectivity index (χ0v) is 23.0. The molecule has 2 fully saturated rings. The van der Waals surface area contributed by atoms with E-state index in [9.17, 15) is 19.2 Å². The van der Waals surface area contributed by atoms with Crippen LogP contribution in [0.5, 0.6) is 5.75 Å². The SMILES string of the molecule is CC(C)Oc1ccccc1N1CCN(Cc2cccc(C(=O)N3CCCCC3=O)c2)CC1.O=C(O)/C=C/C(=O)O. The fourth-order valence-electron chi connectivity index (χ4n) is 4.60. The quantitative estimate of drug-likeness (QED) is 0.373. The number of ether oxygens (including phenoxy) is 1. The summed E-state index contributed by atoms with van der Waals surface area (Å²) >= 11 is 0. The Labute approximate surface area is 234 Å².